The highest BCUT2D eigenvalue weighted by atomic mass is 16.2. The predicted molar refractivity (Wildman–Crippen MR) is 120 cm³/mol. The van der Waals surface area contributed by atoms with Crippen LogP contribution in [0.2, 0.25) is 0 Å². The Morgan fingerprint density at radius 1 is 1.00 bits per heavy atom. The first-order valence-corrected chi connectivity index (χ1v) is 11.2. The number of amides is 3. The van der Waals surface area contributed by atoms with E-state index in [2.05, 4.69) is 15.3 Å². The second-order valence-electron chi connectivity index (χ2n) is 8.60. The van der Waals surface area contributed by atoms with Gasteiger partial charge in [-0.2, -0.15) is 0 Å². The molecule has 1 aromatic heterocycles. The number of benzene rings is 1. The molecule has 4 rings (SSSR count). The van der Waals surface area contributed by atoms with Crippen LogP contribution < -0.4 is 5.32 Å². The molecule has 2 fully saturated rings. The summed E-state index contributed by atoms with van der Waals surface area (Å²) in [6.07, 6.45) is 3.84. The molecule has 3 heterocycles. The fraction of sp³-hybridized carbons (Fsp3) is 0.458. The molecule has 0 spiro atoms. The molecule has 0 bridgehead atoms. The highest BCUT2D eigenvalue weighted by Crippen LogP contribution is 2.28. The molecule has 2 aliphatic heterocycles. The molecule has 1 atom stereocenters. The molecule has 168 valence electrons. The van der Waals surface area contributed by atoms with E-state index in [9.17, 15) is 14.4 Å². The molecule has 1 N–H and O–H groups in total. The lowest BCUT2D eigenvalue weighted by Gasteiger charge is -2.32. The third-order valence-electron chi connectivity index (χ3n) is 6.43. The number of anilines is 1. The van der Waals surface area contributed by atoms with Gasteiger partial charge in [-0.25, -0.2) is 9.97 Å². The molecule has 2 aliphatic rings. The summed E-state index contributed by atoms with van der Waals surface area (Å²) >= 11 is 0. The molecular weight excluding hydrogens is 406 g/mol. The number of hydrogen-bond donors (Lipinski definition) is 1. The van der Waals surface area contributed by atoms with Gasteiger partial charge in [0.25, 0.3) is 5.91 Å². The molecular formula is C24H29N5O3. The van der Waals surface area contributed by atoms with E-state index in [0.717, 1.165) is 24.9 Å². The maximum atomic E-state index is 13.0. The highest BCUT2D eigenvalue weighted by molar-refractivity contribution is 6.04. The van der Waals surface area contributed by atoms with Crippen LogP contribution in [0.5, 0.6) is 0 Å². The fourth-order valence-corrected chi connectivity index (χ4v) is 4.50. The molecule has 0 radical (unpaired) electrons. The zero-order chi connectivity index (χ0) is 22.7. The van der Waals surface area contributed by atoms with Gasteiger partial charge in [-0.3, -0.25) is 14.4 Å². The summed E-state index contributed by atoms with van der Waals surface area (Å²) < 4.78 is 0. The summed E-state index contributed by atoms with van der Waals surface area (Å²) in [4.78, 5) is 49.8. The molecule has 1 aromatic carbocycles. The quantitative estimate of drug-likeness (QED) is 0.797. The number of nitrogens with one attached hydrogen (secondary N) is 1. The summed E-state index contributed by atoms with van der Waals surface area (Å²) in [5.41, 5.74) is 1.80. The lowest BCUT2D eigenvalue weighted by molar-refractivity contribution is -0.139. The van der Waals surface area contributed by atoms with E-state index in [-0.39, 0.29) is 29.6 Å². The molecule has 3 amide bonds. The van der Waals surface area contributed by atoms with E-state index in [0.29, 0.717) is 43.3 Å². The normalized spacial score (nSPS) is 19.1. The summed E-state index contributed by atoms with van der Waals surface area (Å²) in [5, 5.41) is 2.86. The molecule has 2 aromatic rings. The second-order valence-corrected chi connectivity index (χ2v) is 8.60. The Kier molecular flexibility index (Phi) is 6.48. The van der Waals surface area contributed by atoms with Crippen molar-refractivity contribution in [1.29, 1.82) is 0 Å². The molecule has 2 saturated heterocycles. The number of nitrogens with zero attached hydrogens (tertiary/aromatic N) is 4. The number of piperidine rings is 1. The van der Waals surface area contributed by atoms with E-state index in [4.69, 9.17) is 0 Å². The van der Waals surface area contributed by atoms with Crippen LogP contribution in [-0.2, 0) is 9.59 Å². The van der Waals surface area contributed by atoms with Gasteiger partial charge in [0.05, 0.1) is 11.3 Å². The molecule has 0 saturated carbocycles. The minimum atomic E-state index is -0.236. The average molecular weight is 436 g/mol. The number of likely N-dealkylation sites (tertiary alicyclic amines) is 2. The summed E-state index contributed by atoms with van der Waals surface area (Å²) in [6.45, 7) is 5.98. The molecule has 32 heavy (non-hydrogen) atoms. The smallest absolute Gasteiger partial charge is 0.259 e. The first-order valence-electron chi connectivity index (χ1n) is 11.2. The molecule has 8 nitrogen and oxygen atoms in total. The zero-order valence-electron chi connectivity index (χ0n) is 18.6. The van der Waals surface area contributed by atoms with Crippen LogP contribution in [0.3, 0.4) is 0 Å². The topological polar surface area (TPSA) is 95.5 Å². The maximum Gasteiger partial charge on any atom is 0.259 e. The van der Waals surface area contributed by atoms with Crippen molar-refractivity contribution in [1.82, 2.24) is 19.8 Å². The Morgan fingerprint density at radius 2 is 1.69 bits per heavy atom. The Bertz CT molecular complexity index is 1000. The van der Waals surface area contributed by atoms with Crippen LogP contribution in [0.15, 0.2) is 36.5 Å². The van der Waals surface area contributed by atoms with Crippen LogP contribution in [0.25, 0.3) is 0 Å². The van der Waals surface area contributed by atoms with Gasteiger partial charge in [-0.1, -0.05) is 18.2 Å². The Balaban J connectivity index is 1.36. The average Bonchev–Trinajstić information content (AvgIpc) is 3.29. The standard InChI is InChI=1S/C24H29N5O3/c1-16-21(23(31)27-20-6-4-3-5-7-20)14-25-22(26-16)19-10-13-29(15-19)24(32)18-8-11-28(12-9-18)17(2)30/h3-7,14,18-19H,8-13,15H2,1-2H3,(H,27,31)/t19-/m0/s1. The van der Waals surface area contributed by atoms with Crippen LogP contribution >= 0.6 is 0 Å². The van der Waals surface area contributed by atoms with Gasteiger partial charge in [0.2, 0.25) is 11.8 Å². The number of para-hydroxylation sites is 1. The second kappa shape index (κ2) is 9.46. The van der Waals surface area contributed by atoms with E-state index in [1.54, 1.807) is 13.1 Å². The Hall–Kier alpha value is -3.29. The molecule has 8 heteroatoms. The van der Waals surface area contributed by atoms with Gasteiger partial charge in [-0.15, -0.1) is 0 Å². The van der Waals surface area contributed by atoms with Crippen molar-refractivity contribution in [3.63, 3.8) is 0 Å². The lowest BCUT2D eigenvalue weighted by Crippen LogP contribution is -2.43. The van der Waals surface area contributed by atoms with Crippen molar-refractivity contribution in [2.45, 2.75) is 39.0 Å². The maximum absolute atomic E-state index is 13.0. The number of carbonyl (C=O) groups excluding carboxylic acids is 3. The summed E-state index contributed by atoms with van der Waals surface area (Å²) in [5.74, 6) is 0.745. The summed E-state index contributed by atoms with van der Waals surface area (Å²) in [7, 11) is 0. The van der Waals surface area contributed by atoms with Gasteiger partial charge < -0.3 is 15.1 Å². The minimum absolute atomic E-state index is 0.0175. The molecule has 0 aliphatic carbocycles. The third kappa shape index (κ3) is 4.79. The fourth-order valence-electron chi connectivity index (χ4n) is 4.50. The SMILES string of the molecule is CC(=O)N1CCC(C(=O)N2CC[C@H](c3ncc(C(=O)Nc4ccccc4)c(C)n3)C2)CC1. The number of carbonyl (C=O) groups is 3. The first kappa shape index (κ1) is 21.9. The van der Waals surface area contributed by atoms with E-state index in [1.165, 1.54) is 0 Å². The van der Waals surface area contributed by atoms with Crippen molar-refractivity contribution in [3.8, 4) is 0 Å². The number of hydrogen-bond acceptors (Lipinski definition) is 5. The van der Waals surface area contributed by atoms with Gasteiger partial charge in [0, 0.05) is 56.8 Å². The lowest BCUT2D eigenvalue weighted by atomic mass is 9.95. The van der Waals surface area contributed by atoms with Crippen molar-refractivity contribution < 1.29 is 14.4 Å². The van der Waals surface area contributed by atoms with E-state index >= 15 is 0 Å². The van der Waals surface area contributed by atoms with Crippen molar-refractivity contribution in [3.05, 3.63) is 53.6 Å². The van der Waals surface area contributed by atoms with Crippen LogP contribution in [-0.4, -0.2) is 63.7 Å². The minimum Gasteiger partial charge on any atom is -0.343 e. The highest BCUT2D eigenvalue weighted by Gasteiger charge is 2.34. The van der Waals surface area contributed by atoms with Crippen LogP contribution in [0, 0.1) is 12.8 Å². The first-order chi connectivity index (χ1) is 15.4. The monoisotopic (exact) mass is 435 g/mol. The number of rotatable bonds is 4. The molecule has 0 unspecified atom stereocenters. The Morgan fingerprint density at radius 3 is 2.34 bits per heavy atom. The van der Waals surface area contributed by atoms with Crippen molar-refractivity contribution in [2.24, 2.45) is 5.92 Å². The Labute approximate surface area is 188 Å². The van der Waals surface area contributed by atoms with Crippen LogP contribution in [0.4, 0.5) is 5.69 Å². The van der Waals surface area contributed by atoms with Crippen LogP contribution in [0.1, 0.15) is 54.0 Å². The van der Waals surface area contributed by atoms with Gasteiger partial charge in [-0.05, 0) is 38.3 Å². The number of aromatic nitrogens is 2. The third-order valence-corrected chi connectivity index (χ3v) is 6.43. The number of aryl methyl sites for hydroxylation is 1. The van der Waals surface area contributed by atoms with Gasteiger partial charge in [0.15, 0.2) is 0 Å². The summed E-state index contributed by atoms with van der Waals surface area (Å²) in [6, 6.07) is 9.28. The van der Waals surface area contributed by atoms with E-state index in [1.807, 2.05) is 47.1 Å². The van der Waals surface area contributed by atoms with E-state index < -0.39 is 0 Å². The zero-order valence-corrected chi connectivity index (χ0v) is 18.6. The predicted octanol–water partition coefficient (Wildman–Crippen LogP) is 2.61. The van der Waals surface area contributed by atoms with Gasteiger partial charge >= 0.3 is 0 Å². The largest absolute Gasteiger partial charge is 0.343 e. The van der Waals surface area contributed by atoms with Gasteiger partial charge in [0.1, 0.15) is 5.82 Å². The van der Waals surface area contributed by atoms with Crippen molar-refractivity contribution in [2.75, 3.05) is 31.5 Å². The van der Waals surface area contributed by atoms with Crippen molar-refractivity contribution >= 4 is 23.4 Å².